The van der Waals surface area contributed by atoms with Crippen molar-refractivity contribution in [1.82, 2.24) is 9.55 Å². The second-order valence-corrected chi connectivity index (χ2v) is 10.9. The first kappa shape index (κ1) is 25.6. The van der Waals surface area contributed by atoms with Crippen LogP contribution in [0.1, 0.15) is 70.9 Å². The number of aryl methyl sites for hydroxylation is 2. The third-order valence-corrected chi connectivity index (χ3v) is 7.82. The zero-order chi connectivity index (χ0) is 25.5. The number of aliphatic hydroxyl groups is 1. The number of benzene rings is 1. The maximum atomic E-state index is 13.1. The molecular formula is C28H38N2O5. The average Bonchev–Trinajstić information content (AvgIpc) is 3.50. The van der Waals surface area contributed by atoms with E-state index in [9.17, 15) is 14.7 Å². The SMILES string of the molecule is Cc1nc2cc([C@@H]3C[C@@H]4O[C@H]4CCC[C@H](C)[C@H](O)[C@@H](C)C(=O)C(C)(C)C=CC(=O)O3)ccc2n1C. The summed E-state index contributed by atoms with van der Waals surface area (Å²) in [5, 5.41) is 10.8. The van der Waals surface area contributed by atoms with Gasteiger partial charge in [0.1, 0.15) is 17.7 Å². The quantitative estimate of drug-likeness (QED) is 0.472. The van der Waals surface area contributed by atoms with Crippen molar-refractivity contribution in [2.45, 2.75) is 84.7 Å². The fourth-order valence-electron chi connectivity index (χ4n) is 5.23. The molecule has 0 unspecified atom stereocenters. The van der Waals surface area contributed by atoms with Gasteiger partial charge in [-0.05, 0) is 57.2 Å². The fourth-order valence-corrected chi connectivity index (χ4v) is 5.23. The number of epoxide rings is 1. The van der Waals surface area contributed by atoms with Crippen LogP contribution in [0, 0.1) is 24.2 Å². The number of carbonyl (C=O) groups excluding carboxylic acids is 2. The maximum absolute atomic E-state index is 13.1. The Morgan fingerprint density at radius 3 is 2.63 bits per heavy atom. The average molecular weight is 483 g/mol. The molecule has 0 aliphatic carbocycles. The molecule has 1 fully saturated rings. The van der Waals surface area contributed by atoms with E-state index in [-0.39, 0.29) is 23.9 Å². The summed E-state index contributed by atoms with van der Waals surface area (Å²) >= 11 is 0. The van der Waals surface area contributed by atoms with Gasteiger partial charge in [0.15, 0.2) is 0 Å². The van der Waals surface area contributed by atoms with Crippen LogP contribution in [0.5, 0.6) is 0 Å². The summed E-state index contributed by atoms with van der Waals surface area (Å²) in [6.07, 6.45) is 5.09. The Kier molecular flexibility index (Phi) is 7.21. The summed E-state index contributed by atoms with van der Waals surface area (Å²) in [5.74, 6) is -0.198. The van der Waals surface area contributed by atoms with Crippen molar-refractivity contribution in [3.8, 4) is 0 Å². The molecule has 0 radical (unpaired) electrons. The Bertz CT molecular complexity index is 1130. The predicted octanol–water partition coefficient (Wildman–Crippen LogP) is 4.59. The number of cyclic esters (lactones) is 1. The summed E-state index contributed by atoms with van der Waals surface area (Å²) in [6.45, 7) is 9.27. The van der Waals surface area contributed by atoms with Crippen molar-refractivity contribution in [2.75, 3.05) is 0 Å². The molecule has 2 aliphatic heterocycles. The van der Waals surface area contributed by atoms with Gasteiger partial charge in [-0.2, -0.15) is 0 Å². The molecule has 1 aromatic carbocycles. The van der Waals surface area contributed by atoms with Crippen LogP contribution in [-0.4, -0.2) is 44.7 Å². The lowest BCUT2D eigenvalue weighted by molar-refractivity contribution is -0.144. The summed E-state index contributed by atoms with van der Waals surface area (Å²) in [7, 11) is 1.98. The number of esters is 1. The second-order valence-electron chi connectivity index (χ2n) is 10.9. The Hall–Kier alpha value is -2.51. The molecule has 1 N–H and O–H groups in total. The van der Waals surface area contributed by atoms with Gasteiger partial charge >= 0.3 is 5.97 Å². The van der Waals surface area contributed by atoms with E-state index in [0.29, 0.717) is 6.42 Å². The van der Waals surface area contributed by atoms with Crippen LogP contribution in [0.4, 0.5) is 0 Å². The van der Waals surface area contributed by atoms with Gasteiger partial charge in [-0.15, -0.1) is 0 Å². The first-order chi connectivity index (χ1) is 16.5. The van der Waals surface area contributed by atoms with E-state index in [1.54, 1.807) is 26.8 Å². The highest BCUT2D eigenvalue weighted by Gasteiger charge is 2.41. The van der Waals surface area contributed by atoms with Crippen LogP contribution < -0.4 is 0 Å². The number of nitrogens with zero attached hydrogens (tertiary/aromatic N) is 2. The predicted molar refractivity (Wildman–Crippen MR) is 134 cm³/mol. The van der Waals surface area contributed by atoms with Crippen molar-refractivity contribution < 1.29 is 24.2 Å². The minimum absolute atomic E-state index is 0.00473. The van der Waals surface area contributed by atoms with Crippen LogP contribution in [-0.2, 0) is 26.1 Å². The Balaban J connectivity index is 1.61. The summed E-state index contributed by atoms with van der Waals surface area (Å²) in [4.78, 5) is 30.6. The lowest BCUT2D eigenvalue weighted by Crippen LogP contribution is -2.38. The zero-order valence-electron chi connectivity index (χ0n) is 21.7. The number of allylic oxidation sites excluding steroid dienone is 1. The summed E-state index contributed by atoms with van der Waals surface area (Å²) < 4.78 is 13.9. The van der Waals surface area contributed by atoms with E-state index in [2.05, 4.69) is 4.98 Å². The lowest BCUT2D eigenvalue weighted by Gasteiger charge is -2.29. The van der Waals surface area contributed by atoms with E-state index in [1.165, 1.54) is 6.08 Å². The van der Waals surface area contributed by atoms with Crippen molar-refractivity contribution in [3.63, 3.8) is 0 Å². The molecule has 7 nitrogen and oxygen atoms in total. The van der Waals surface area contributed by atoms with E-state index >= 15 is 0 Å². The van der Waals surface area contributed by atoms with Crippen molar-refractivity contribution >= 4 is 22.8 Å². The molecule has 1 saturated heterocycles. The number of imidazole rings is 1. The molecule has 7 heteroatoms. The minimum atomic E-state index is -0.902. The largest absolute Gasteiger partial charge is 0.454 e. The second kappa shape index (κ2) is 9.86. The van der Waals surface area contributed by atoms with Gasteiger partial charge in [0.05, 0.1) is 29.3 Å². The van der Waals surface area contributed by atoms with Gasteiger partial charge in [0, 0.05) is 30.9 Å². The molecule has 3 heterocycles. The topological polar surface area (TPSA) is 94.0 Å². The standard InChI is InChI=1S/C28H38N2O5/c1-16-8-7-9-22-24(34-22)15-23(19-10-11-21-20(14-19)29-18(3)30(21)6)35-25(31)12-13-28(4,5)27(33)17(2)26(16)32/h10-14,16-17,22-24,26,32H,7-9,15H2,1-6H3/t16-,17+,22-,23-,24-,26-/m0/s1. The number of Topliss-reactive ketones (excluding diaryl/α,β-unsaturated/α-hetero) is 1. The molecule has 190 valence electrons. The van der Waals surface area contributed by atoms with Crippen molar-refractivity contribution in [1.29, 1.82) is 0 Å². The third-order valence-electron chi connectivity index (χ3n) is 7.82. The van der Waals surface area contributed by atoms with Crippen LogP contribution in [0.15, 0.2) is 30.4 Å². The normalized spacial score (nSPS) is 32.3. The first-order valence-corrected chi connectivity index (χ1v) is 12.7. The van der Waals surface area contributed by atoms with Gasteiger partial charge < -0.3 is 19.1 Å². The Labute approximate surface area is 207 Å². The maximum Gasteiger partial charge on any atom is 0.331 e. The van der Waals surface area contributed by atoms with E-state index in [1.807, 2.05) is 43.7 Å². The molecule has 0 amide bonds. The third kappa shape index (κ3) is 5.51. The van der Waals surface area contributed by atoms with Gasteiger partial charge in [-0.25, -0.2) is 9.78 Å². The molecule has 0 bridgehead atoms. The first-order valence-electron chi connectivity index (χ1n) is 12.7. The molecule has 2 aliphatic rings. The minimum Gasteiger partial charge on any atom is -0.454 e. The van der Waals surface area contributed by atoms with Gasteiger partial charge in [0.2, 0.25) is 0 Å². The number of ether oxygens (including phenoxy) is 2. The smallest absolute Gasteiger partial charge is 0.331 e. The lowest BCUT2D eigenvalue weighted by atomic mass is 9.76. The van der Waals surface area contributed by atoms with Gasteiger partial charge in [-0.3, -0.25) is 4.79 Å². The van der Waals surface area contributed by atoms with E-state index in [0.717, 1.165) is 41.7 Å². The summed E-state index contributed by atoms with van der Waals surface area (Å²) in [6, 6.07) is 5.98. The number of hydrogen-bond acceptors (Lipinski definition) is 6. The number of rotatable bonds is 1. The molecular weight excluding hydrogens is 444 g/mol. The van der Waals surface area contributed by atoms with Crippen LogP contribution in [0.2, 0.25) is 0 Å². The highest BCUT2D eigenvalue weighted by molar-refractivity contribution is 5.90. The molecule has 1 aromatic heterocycles. The zero-order valence-corrected chi connectivity index (χ0v) is 21.7. The van der Waals surface area contributed by atoms with Crippen molar-refractivity contribution in [3.05, 3.63) is 41.7 Å². The Morgan fingerprint density at radius 2 is 1.89 bits per heavy atom. The van der Waals surface area contributed by atoms with E-state index in [4.69, 9.17) is 9.47 Å². The number of aliphatic hydroxyl groups excluding tert-OH is 1. The molecule has 2 aromatic rings. The van der Waals surface area contributed by atoms with Crippen molar-refractivity contribution in [2.24, 2.45) is 24.3 Å². The van der Waals surface area contributed by atoms with Crippen LogP contribution >= 0.6 is 0 Å². The number of carbonyl (C=O) groups is 2. The monoisotopic (exact) mass is 482 g/mol. The van der Waals surface area contributed by atoms with E-state index < -0.39 is 29.5 Å². The van der Waals surface area contributed by atoms with Gasteiger partial charge in [0.25, 0.3) is 0 Å². The highest BCUT2D eigenvalue weighted by Crippen LogP contribution is 2.38. The number of fused-ring (bicyclic) bond motifs is 2. The molecule has 35 heavy (non-hydrogen) atoms. The number of hydrogen-bond donors (Lipinski definition) is 1. The Morgan fingerprint density at radius 1 is 1.14 bits per heavy atom. The molecule has 4 rings (SSSR count). The summed E-state index contributed by atoms with van der Waals surface area (Å²) in [5.41, 5.74) is 1.87. The highest BCUT2D eigenvalue weighted by atomic mass is 16.6. The van der Waals surface area contributed by atoms with Gasteiger partial charge in [-0.1, -0.05) is 32.4 Å². The van der Waals surface area contributed by atoms with Crippen LogP contribution in [0.25, 0.3) is 11.0 Å². The van der Waals surface area contributed by atoms with Crippen LogP contribution in [0.3, 0.4) is 0 Å². The fraction of sp³-hybridized carbons (Fsp3) is 0.607. The molecule has 0 saturated carbocycles. The molecule has 0 spiro atoms. The number of ketones is 1. The number of aromatic nitrogens is 2. The molecule has 6 atom stereocenters.